The van der Waals surface area contributed by atoms with Crippen molar-refractivity contribution >= 4 is 18.6 Å². The molecule has 2 rings (SSSR count). The highest BCUT2D eigenvalue weighted by Crippen LogP contribution is 2.03. The summed E-state index contributed by atoms with van der Waals surface area (Å²) in [6, 6.07) is 20.1. The quantitative estimate of drug-likeness (QED) is 0.599. The van der Waals surface area contributed by atoms with E-state index in [9.17, 15) is 0 Å². The predicted octanol–water partition coefficient (Wildman–Crippen LogP) is 2.06. The van der Waals surface area contributed by atoms with Gasteiger partial charge >= 0.3 is 7.48 Å². The van der Waals surface area contributed by atoms with Crippen LogP contribution in [0.1, 0.15) is 0 Å². The summed E-state index contributed by atoms with van der Waals surface area (Å²) in [5.74, 6) is 0. The van der Waals surface area contributed by atoms with E-state index in [4.69, 9.17) is 4.65 Å². The second-order valence-corrected chi connectivity index (χ2v) is 3.69. The van der Waals surface area contributed by atoms with Crippen LogP contribution in [0.4, 0.5) is 5.69 Å². The first-order valence-electron chi connectivity index (χ1n) is 5.74. The van der Waals surface area contributed by atoms with Crippen LogP contribution in [0.2, 0.25) is 0 Å². The Morgan fingerprint density at radius 1 is 0.882 bits per heavy atom. The lowest BCUT2D eigenvalue weighted by molar-refractivity contribution is 0.359. The first-order valence-corrected chi connectivity index (χ1v) is 5.74. The van der Waals surface area contributed by atoms with Gasteiger partial charge in [-0.05, 0) is 12.1 Å². The molecule has 0 aliphatic carbocycles. The number of hydrogen-bond acceptors (Lipinski definition) is 2. The van der Waals surface area contributed by atoms with E-state index in [-0.39, 0.29) is 0 Å². The first-order chi connectivity index (χ1) is 8.45. The highest BCUT2D eigenvalue weighted by molar-refractivity contribution is 6.46. The van der Waals surface area contributed by atoms with Crippen molar-refractivity contribution in [2.45, 2.75) is 0 Å². The van der Waals surface area contributed by atoms with Gasteiger partial charge in [-0.15, -0.1) is 0 Å². The van der Waals surface area contributed by atoms with Gasteiger partial charge in [0.25, 0.3) is 0 Å². The average molecular weight is 224 g/mol. The Bertz CT molecular complexity index is 377. The summed E-state index contributed by atoms with van der Waals surface area (Å²) in [6.07, 6.45) is 0. The number of anilines is 1. The van der Waals surface area contributed by atoms with E-state index in [1.165, 1.54) is 0 Å². The van der Waals surface area contributed by atoms with E-state index in [1.807, 2.05) is 60.7 Å². The smallest absolute Gasteiger partial charge is 0.330 e. The fourth-order valence-corrected chi connectivity index (χ4v) is 1.50. The largest absolute Gasteiger partial charge is 0.432 e. The van der Waals surface area contributed by atoms with Crippen LogP contribution in [-0.2, 0) is 4.65 Å². The fraction of sp³-hybridized carbons (Fsp3) is 0.143. The second-order valence-electron chi connectivity index (χ2n) is 3.69. The Labute approximate surface area is 103 Å². The molecule has 0 spiro atoms. The zero-order valence-electron chi connectivity index (χ0n) is 9.67. The molecule has 0 unspecified atom stereocenters. The molecule has 0 aliphatic heterocycles. The van der Waals surface area contributed by atoms with E-state index < -0.39 is 0 Å². The highest BCUT2D eigenvalue weighted by atomic mass is 16.4. The van der Waals surface area contributed by atoms with Gasteiger partial charge in [0.1, 0.15) is 0 Å². The Morgan fingerprint density at radius 3 is 2.24 bits per heavy atom. The molecular weight excluding hydrogens is 209 g/mol. The molecule has 0 saturated heterocycles. The third kappa shape index (κ3) is 4.33. The van der Waals surface area contributed by atoms with E-state index in [0.717, 1.165) is 17.7 Å². The van der Waals surface area contributed by atoms with Crippen molar-refractivity contribution in [2.24, 2.45) is 0 Å². The third-order valence-corrected chi connectivity index (χ3v) is 2.34. The van der Waals surface area contributed by atoms with Crippen molar-refractivity contribution in [3.63, 3.8) is 0 Å². The van der Waals surface area contributed by atoms with Gasteiger partial charge in [-0.25, -0.2) is 0 Å². The Kier molecular flexibility index (Phi) is 4.67. The van der Waals surface area contributed by atoms with Gasteiger partial charge in [0.2, 0.25) is 0 Å². The topological polar surface area (TPSA) is 21.3 Å². The molecular formula is C14H15BNO. The number of benzene rings is 2. The maximum Gasteiger partial charge on any atom is 0.330 e. The molecule has 0 aliphatic rings. The molecule has 2 aromatic carbocycles. The minimum atomic E-state index is 0.657. The summed E-state index contributed by atoms with van der Waals surface area (Å²) < 4.78 is 5.45. The average Bonchev–Trinajstić information content (AvgIpc) is 2.41. The third-order valence-electron chi connectivity index (χ3n) is 2.34. The van der Waals surface area contributed by atoms with Crippen molar-refractivity contribution in [1.82, 2.24) is 0 Å². The highest BCUT2D eigenvalue weighted by Gasteiger charge is 1.95. The lowest BCUT2D eigenvalue weighted by Crippen LogP contribution is -2.20. The van der Waals surface area contributed by atoms with E-state index in [2.05, 4.69) is 5.32 Å². The lowest BCUT2D eigenvalue weighted by Gasteiger charge is -2.06. The molecule has 2 nitrogen and oxygen atoms in total. The number of hydrogen-bond donors (Lipinski definition) is 1. The second kappa shape index (κ2) is 6.76. The lowest BCUT2D eigenvalue weighted by atomic mass is 9.88. The van der Waals surface area contributed by atoms with Gasteiger partial charge in [0.15, 0.2) is 0 Å². The molecule has 0 heterocycles. The van der Waals surface area contributed by atoms with Crippen LogP contribution < -0.4 is 10.8 Å². The summed E-state index contributed by atoms with van der Waals surface area (Å²) in [4.78, 5) is 0. The molecule has 1 radical (unpaired) electrons. The van der Waals surface area contributed by atoms with E-state index in [1.54, 1.807) is 7.48 Å². The predicted molar refractivity (Wildman–Crippen MR) is 72.7 cm³/mol. The zero-order chi connectivity index (χ0) is 11.8. The van der Waals surface area contributed by atoms with E-state index >= 15 is 0 Å². The molecule has 3 heteroatoms. The van der Waals surface area contributed by atoms with Crippen LogP contribution in [0.5, 0.6) is 0 Å². The summed E-state index contributed by atoms with van der Waals surface area (Å²) in [7, 11) is 1.78. The van der Waals surface area contributed by atoms with Crippen molar-refractivity contribution in [1.29, 1.82) is 0 Å². The Morgan fingerprint density at radius 2 is 1.53 bits per heavy atom. The molecule has 0 fully saturated rings. The van der Waals surface area contributed by atoms with Crippen molar-refractivity contribution in [3.05, 3.63) is 60.7 Å². The van der Waals surface area contributed by atoms with Crippen molar-refractivity contribution in [2.75, 3.05) is 18.5 Å². The van der Waals surface area contributed by atoms with Gasteiger partial charge in [0, 0.05) is 18.8 Å². The molecule has 0 saturated carbocycles. The summed E-state index contributed by atoms with van der Waals surface area (Å²) >= 11 is 0. The monoisotopic (exact) mass is 224 g/mol. The van der Waals surface area contributed by atoms with Gasteiger partial charge in [-0.2, -0.15) is 0 Å². The maximum atomic E-state index is 5.45. The normalized spacial score (nSPS) is 9.88. The first kappa shape index (κ1) is 11.7. The van der Waals surface area contributed by atoms with Crippen LogP contribution in [0.25, 0.3) is 0 Å². The minimum absolute atomic E-state index is 0.657. The SMILES string of the molecule is [B](OCCNc1ccccc1)c1ccccc1. The van der Waals surface area contributed by atoms with Gasteiger partial charge in [0.05, 0.1) is 0 Å². The minimum Gasteiger partial charge on any atom is -0.432 e. The molecule has 85 valence electrons. The molecule has 0 atom stereocenters. The molecule has 2 aromatic rings. The van der Waals surface area contributed by atoms with E-state index in [0.29, 0.717) is 6.61 Å². The number of rotatable bonds is 6. The van der Waals surface area contributed by atoms with Crippen LogP contribution in [0.15, 0.2) is 60.7 Å². The maximum absolute atomic E-state index is 5.45. The zero-order valence-corrected chi connectivity index (χ0v) is 9.67. The number of para-hydroxylation sites is 1. The molecule has 0 bridgehead atoms. The summed E-state index contributed by atoms with van der Waals surface area (Å²) in [6.45, 7) is 1.46. The van der Waals surface area contributed by atoms with Crippen LogP contribution in [0.3, 0.4) is 0 Å². The van der Waals surface area contributed by atoms with Gasteiger partial charge in [-0.1, -0.05) is 54.0 Å². The molecule has 1 N–H and O–H groups in total. The van der Waals surface area contributed by atoms with Crippen molar-refractivity contribution in [3.8, 4) is 0 Å². The van der Waals surface area contributed by atoms with Crippen molar-refractivity contribution < 1.29 is 4.65 Å². The summed E-state index contributed by atoms with van der Waals surface area (Å²) in [5, 5.41) is 3.29. The fourth-order valence-electron chi connectivity index (χ4n) is 1.50. The molecule has 17 heavy (non-hydrogen) atoms. The molecule has 0 aromatic heterocycles. The standard InChI is InChI=1S/C14H15BNO/c1-3-7-13(8-4-1)15-17-12-11-16-14-9-5-2-6-10-14/h1-10,16H,11-12H2. The van der Waals surface area contributed by atoms with Gasteiger partial charge < -0.3 is 9.97 Å². The van der Waals surface area contributed by atoms with Crippen LogP contribution in [-0.4, -0.2) is 20.6 Å². The number of nitrogens with one attached hydrogen (secondary N) is 1. The van der Waals surface area contributed by atoms with Gasteiger partial charge in [-0.3, -0.25) is 0 Å². The summed E-state index contributed by atoms with van der Waals surface area (Å²) in [5.41, 5.74) is 2.21. The Balaban J connectivity index is 1.61. The van der Waals surface area contributed by atoms with Crippen LogP contribution in [0, 0.1) is 0 Å². The Hall–Kier alpha value is -1.74. The molecule has 0 amide bonds. The van der Waals surface area contributed by atoms with Crippen LogP contribution >= 0.6 is 0 Å².